The van der Waals surface area contributed by atoms with Gasteiger partial charge in [-0.1, -0.05) is 104 Å². The molecular weight excluding hydrogens is 510 g/mol. The molecule has 5 aromatic carbocycles. The van der Waals surface area contributed by atoms with Crippen LogP contribution in [0, 0.1) is 0 Å². The first kappa shape index (κ1) is 28.0. The molecule has 1 N–H and O–H groups in total. The summed E-state index contributed by atoms with van der Waals surface area (Å²) in [4.78, 5) is 12.5. The number of anilines is 1. The van der Waals surface area contributed by atoms with E-state index in [-0.39, 0.29) is 17.2 Å². The van der Waals surface area contributed by atoms with Gasteiger partial charge in [0, 0.05) is 23.1 Å². The lowest BCUT2D eigenvalue weighted by Gasteiger charge is -2.32. The molecule has 42 heavy (non-hydrogen) atoms. The number of hydrogen-bond donors (Lipinski definition) is 1. The Morgan fingerprint density at radius 1 is 0.810 bits per heavy atom. The van der Waals surface area contributed by atoms with E-state index >= 15 is 0 Å². The molecule has 2 unspecified atom stereocenters. The molecule has 0 aromatic heterocycles. The number of nitrogens with one attached hydrogen (secondary N) is 1. The van der Waals surface area contributed by atoms with E-state index in [1.165, 1.54) is 60.6 Å². The summed E-state index contributed by atoms with van der Waals surface area (Å²) in [6.45, 7) is 10.5. The molecule has 7 rings (SSSR count). The Morgan fingerprint density at radius 3 is 2.21 bits per heavy atom. The normalized spacial score (nSPS) is 18.6. The Labute approximate surface area is 250 Å². The van der Waals surface area contributed by atoms with Crippen molar-refractivity contribution in [2.75, 3.05) is 5.32 Å². The molecule has 2 heteroatoms. The number of carbonyl (C=O) groups is 1. The number of benzene rings is 5. The van der Waals surface area contributed by atoms with E-state index < -0.39 is 0 Å². The van der Waals surface area contributed by atoms with Gasteiger partial charge in [0.2, 0.25) is 0 Å². The van der Waals surface area contributed by atoms with E-state index in [1.807, 2.05) is 0 Å². The molecule has 0 bridgehead atoms. The maximum atomic E-state index is 12.5. The first-order valence-electron chi connectivity index (χ1n) is 15.4. The number of allylic oxidation sites excluding steroid dienone is 1. The van der Waals surface area contributed by atoms with Crippen LogP contribution in [0.25, 0.3) is 27.1 Å². The average molecular weight is 552 g/mol. The predicted molar refractivity (Wildman–Crippen MR) is 180 cm³/mol. The number of carbonyl (C=O) groups excluding carboxylic acids is 1. The first-order valence-corrected chi connectivity index (χ1v) is 15.4. The predicted octanol–water partition coefficient (Wildman–Crippen LogP) is 10.4. The largest absolute Gasteiger partial charge is 0.376 e. The van der Waals surface area contributed by atoms with E-state index in [4.69, 9.17) is 0 Å². The highest BCUT2D eigenvalue weighted by atomic mass is 16.1. The highest BCUT2D eigenvalue weighted by Crippen LogP contribution is 2.47. The van der Waals surface area contributed by atoms with E-state index in [1.54, 1.807) is 6.92 Å². The highest BCUT2D eigenvalue weighted by Gasteiger charge is 2.32. The molecule has 0 saturated carbocycles. The maximum absolute atomic E-state index is 12.5. The minimum Gasteiger partial charge on any atom is -0.376 e. The Kier molecular flexibility index (Phi) is 7.49. The Hall–Kier alpha value is -4.17. The lowest BCUT2D eigenvalue weighted by molar-refractivity contribution is -0.118. The van der Waals surface area contributed by atoms with Crippen molar-refractivity contribution in [1.29, 1.82) is 0 Å². The molecule has 1 aliphatic heterocycles. The summed E-state index contributed by atoms with van der Waals surface area (Å²) >= 11 is 0. The summed E-state index contributed by atoms with van der Waals surface area (Å²) < 4.78 is 0. The number of ketones is 1. The monoisotopic (exact) mass is 551 g/mol. The summed E-state index contributed by atoms with van der Waals surface area (Å²) in [5.74, 6) is 0.649. The van der Waals surface area contributed by atoms with Gasteiger partial charge in [-0.3, -0.25) is 4.79 Å². The van der Waals surface area contributed by atoms with Crippen LogP contribution in [0.5, 0.6) is 0 Å². The number of Topliss-reactive ketones (excluding diaryl/α,β-unsaturated/α-hetero) is 1. The van der Waals surface area contributed by atoms with Crippen LogP contribution in [-0.2, 0) is 11.2 Å². The van der Waals surface area contributed by atoms with Gasteiger partial charge in [0.15, 0.2) is 0 Å². The fourth-order valence-electron chi connectivity index (χ4n) is 7.29. The molecule has 0 spiro atoms. The fourth-order valence-corrected chi connectivity index (χ4v) is 7.29. The van der Waals surface area contributed by atoms with Crippen molar-refractivity contribution in [3.8, 4) is 0 Å². The minimum atomic E-state index is 0.0194. The molecule has 0 saturated heterocycles. The van der Waals surface area contributed by atoms with Gasteiger partial charge >= 0.3 is 0 Å². The zero-order valence-electron chi connectivity index (χ0n) is 25.5. The van der Waals surface area contributed by atoms with Crippen LogP contribution in [-0.4, -0.2) is 11.3 Å². The standard InChI is InChI=1S/C28H26O.C12H15N/c1-3-19-17-27-25(24-12-8-7-11-22(19)24)15-16-26-21(18(2)29)13-14-23(28(26)27)20-9-5-4-6-10-20;1-9-8-12(2,3)13-11-7-5-4-6-10(9)11/h4-12,15-17,21,23H,3,13-14H2,1-2H3;4-8,13H,1-3H3. The van der Waals surface area contributed by atoms with E-state index in [9.17, 15) is 4.79 Å². The Bertz CT molecular complexity index is 1810. The zero-order chi connectivity index (χ0) is 29.4. The van der Waals surface area contributed by atoms with Crippen molar-refractivity contribution < 1.29 is 4.79 Å². The molecule has 5 aromatic rings. The second-order valence-corrected chi connectivity index (χ2v) is 12.5. The van der Waals surface area contributed by atoms with Crippen molar-refractivity contribution in [3.63, 3.8) is 0 Å². The van der Waals surface area contributed by atoms with E-state index in [0.29, 0.717) is 5.92 Å². The third-order valence-electron chi connectivity index (χ3n) is 9.13. The second kappa shape index (κ2) is 11.2. The zero-order valence-corrected chi connectivity index (χ0v) is 25.5. The summed E-state index contributed by atoms with van der Waals surface area (Å²) in [5, 5.41) is 8.79. The van der Waals surface area contributed by atoms with Crippen molar-refractivity contribution >= 4 is 38.6 Å². The van der Waals surface area contributed by atoms with Gasteiger partial charge in [-0.05, 0) is 102 Å². The van der Waals surface area contributed by atoms with Crippen LogP contribution in [0.1, 0.15) is 87.1 Å². The lowest BCUT2D eigenvalue weighted by atomic mass is 9.71. The number of para-hydroxylation sites is 1. The summed E-state index contributed by atoms with van der Waals surface area (Å²) in [5.41, 5.74) is 9.36. The molecule has 1 aliphatic carbocycles. The van der Waals surface area contributed by atoms with Crippen LogP contribution in [0.15, 0.2) is 103 Å². The van der Waals surface area contributed by atoms with Gasteiger partial charge in [-0.15, -0.1) is 0 Å². The van der Waals surface area contributed by atoms with Crippen molar-refractivity contribution in [2.45, 2.75) is 71.3 Å². The van der Waals surface area contributed by atoms with Crippen molar-refractivity contribution in [3.05, 3.63) is 131 Å². The van der Waals surface area contributed by atoms with Gasteiger partial charge in [0.25, 0.3) is 0 Å². The SMILES string of the molecule is CC1=CC(C)(C)Nc2ccccc21.CCc1cc2c3c(ccc2c2ccccc12)C(C(C)=O)CCC3c1ccccc1. The van der Waals surface area contributed by atoms with Gasteiger partial charge in [0.05, 0.1) is 5.54 Å². The smallest absolute Gasteiger partial charge is 0.137 e. The average Bonchev–Trinajstić information content (AvgIpc) is 3.00. The summed E-state index contributed by atoms with van der Waals surface area (Å²) in [6.07, 6.45) is 5.23. The van der Waals surface area contributed by atoms with Gasteiger partial charge in [0.1, 0.15) is 5.78 Å². The third kappa shape index (κ3) is 5.15. The van der Waals surface area contributed by atoms with Crippen LogP contribution in [0.3, 0.4) is 0 Å². The summed E-state index contributed by atoms with van der Waals surface area (Å²) in [7, 11) is 0. The highest BCUT2D eigenvalue weighted by molar-refractivity contribution is 6.11. The molecule has 1 heterocycles. The quantitative estimate of drug-likeness (QED) is 0.226. The van der Waals surface area contributed by atoms with Crippen LogP contribution < -0.4 is 5.32 Å². The van der Waals surface area contributed by atoms with Gasteiger partial charge < -0.3 is 5.32 Å². The van der Waals surface area contributed by atoms with Crippen molar-refractivity contribution in [2.24, 2.45) is 0 Å². The van der Waals surface area contributed by atoms with E-state index in [0.717, 1.165) is 19.3 Å². The number of aryl methyl sites for hydroxylation is 1. The maximum Gasteiger partial charge on any atom is 0.137 e. The minimum absolute atomic E-state index is 0.0194. The number of hydrogen-bond acceptors (Lipinski definition) is 2. The molecule has 2 nitrogen and oxygen atoms in total. The molecule has 0 radical (unpaired) electrons. The fraction of sp³-hybridized carbons (Fsp3) is 0.275. The molecule has 0 fully saturated rings. The molecule has 0 amide bonds. The number of fused-ring (bicyclic) bond motifs is 6. The Morgan fingerprint density at radius 2 is 1.48 bits per heavy atom. The Balaban J connectivity index is 0.000000203. The molecule has 2 aliphatic rings. The third-order valence-corrected chi connectivity index (χ3v) is 9.13. The molecular formula is C40H41NO. The van der Waals surface area contributed by atoms with E-state index in [2.05, 4.69) is 136 Å². The topological polar surface area (TPSA) is 29.1 Å². The van der Waals surface area contributed by atoms with Crippen LogP contribution in [0.2, 0.25) is 0 Å². The molecule has 212 valence electrons. The van der Waals surface area contributed by atoms with Crippen LogP contribution in [0.4, 0.5) is 5.69 Å². The second-order valence-electron chi connectivity index (χ2n) is 12.5. The molecule has 2 atom stereocenters. The first-order chi connectivity index (χ1) is 20.3. The lowest BCUT2D eigenvalue weighted by Crippen LogP contribution is -2.31. The van der Waals surface area contributed by atoms with Crippen LogP contribution >= 0.6 is 0 Å². The number of rotatable bonds is 3. The van der Waals surface area contributed by atoms with Crippen molar-refractivity contribution in [1.82, 2.24) is 0 Å². The van der Waals surface area contributed by atoms with Gasteiger partial charge in [-0.25, -0.2) is 0 Å². The summed E-state index contributed by atoms with van der Waals surface area (Å²) in [6, 6.07) is 34.9. The van der Waals surface area contributed by atoms with Gasteiger partial charge in [-0.2, -0.15) is 0 Å².